The van der Waals surface area contributed by atoms with Gasteiger partial charge >= 0.3 is 0 Å². The number of hydrogen-bond donors (Lipinski definition) is 2. The lowest BCUT2D eigenvalue weighted by Crippen LogP contribution is -2.31. The number of rotatable bonds is 3. The summed E-state index contributed by atoms with van der Waals surface area (Å²) in [5, 5.41) is 21.7. The Morgan fingerprint density at radius 1 is 1.60 bits per heavy atom. The molecule has 20 heavy (non-hydrogen) atoms. The molecule has 2 aromatic rings. The van der Waals surface area contributed by atoms with E-state index in [0.717, 1.165) is 27.6 Å². The Morgan fingerprint density at radius 2 is 2.40 bits per heavy atom. The van der Waals surface area contributed by atoms with Gasteiger partial charge in [0.25, 0.3) is 0 Å². The molecule has 1 heterocycles. The van der Waals surface area contributed by atoms with E-state index in [4.69, 9.17) is 0 Å². The lowest BCUT2D eigenvalue weighted by atomic mass is 9.79. The number of nitro groups is 1. The van der Waals surface area contributed by atoms with Crippen molar-refractivity contribution in [3.8, 4) is 0 Å². The monoisotopic (exact) mass is 272 g/mol. The van der Waals surface area contributed by atoms with Crippen LogP contribution >= 0.6 is 0 Å². The summed E-state index contributed by atoms with van der Waals surface area (Å²) in [5.41, 5.74) is 3.75. The highest BCUT2D eigenvalue weighted by Gasteiger charge is 2.37. The van der Waals surface area contributed by atoms with Gasteiger partial charge in [-0.05, 0) is 24.1 Å². The molecule has 104 valence electrons. The highest BCUT2D eigenvalue weighted by Crippen LogP contribution is 2.39. The fourth-order valence-corrected chi connectivity index (χ4v) is 3.05. The van der Waals surface area contributed by atoms with E-state index in [1.807, 2.05) is 30.5 Å². The molecule has 3 rings (SSSR count). The summed E-state index contributed by atoms with van der Waals surface area (Å²) in [6.07, 6.45) is 4.12. The zero-order chi connectivity index (χ0) is 14.3. The van der Waals surface area contributed by atoms with Crippen molar-refractivity contribution in [1.29, 1.82) is 0 Å². The highest BCUT2D eigenvalue weighted by molar-refractivity contribution is 5.88. The molecular weight excluding hydrogens is 256 g/mol. The highest BCUT2D eigenvalue weighted by atomic mass is 16.6. The number of aromatic amines is 1. The van der Waals surface area contributed by atoms with E-state index in [1.54, 1.807) is 6.92 Å². The average Bonchev–Trinajstić information content (AvgIpc) is 2.85. The molecule has 0 saturated carbocycles. The molecule has 0 amide bonds. The van der Waals surface area contributed by atoms with E-state index < -0.39 is 6.04 Å². The molecule has 0 spiro atoms. The molecule has 0 unspecified atom stereocenters. The molecule has 5 nitrogen and oxygen atoms in total. The zero-order valence-electron chi connectivity index (χ0n) is 11.2. The van der Waals surface area contributed by atoms with Gasteiger partial charge < -0.3 is 10.1 Å². The van der Waals surface area contributed by atoms with Crippen LogP contribution < -0.4 is 0 Å². The number of nitrogens with zero attached hydrogens (tertiary/aromatic N) is 1. The van der Waals surface area contributed by atoms with E-state index in [0.29, 0.717) is 6.42 Å². The molecule has 0 saturated heterocycles. The quantitative estimate of drug-likeness (QED) is 0.511. The first-order valence-electron chi connectivity index (χ1n) is 6.62. The molecule has 2 N–H and O–H groups in total. The van der Waals surface area contributed by atoms with Gasteiger partial charge in [-0.1, -0.05) is 23.8 Å². The Bertz CT molecular complexity index is 702. The summed E-state index contributed by atoms with van der Waals surface area (Å²) in [4.78, 5) is 14.4. The number of benzene rings is 1. The van der Waals surface area contributed by atoms with Crippen LogP contribution in [0.25, 0.3) is 10.9 Å². The van der Waals surface area contributed by atoms with Crippen molar-refractivity contribution >= 4 is 10.9 Å². The van der Waals surface area contributed by atoms with Crippen LogP contribution in [0.5, 0.6) is 0 Å². The number of aliphatic hydroxyl groups excluding tert-OH is 1. The maximum Gasteiger partial charge on any atom is 0.227 e. The van der Waals surface area contributed by atoms with E-state index in [9.17, 15) is 15.2 Å². The van der Waals surface area contributed by atoms with Gasteiger partial charge in [0, 0.05) is 28.4 Å². The summed E-state index contributed by atoms with van der Waals surface area (Å²) in [5.74, 6) is -0.288. The van der Waals surface area contributed by atoms with Crippen molar-refractivity contribution in [3.63, 3.8) is 0 Å². The van der Waals surface area contributed by atoms with Crippen LogP contribution in [-0.4, -0.2) is 27.7 Å². The number of hydrogen-bond acceptors (Lipinski definition) is 3. The minimum Gasteiger partial charge on any atom is -0.392 e. The minimum atomic E-state index is -0.676. The van der Waals surface area contributed by atoms with Crippen LogP contribution in [0.3, 0.4) is 0 Å². The summed E-state index contributed by atoms with van der Waals surface area (Å²) in [6.45, 7) is 1.72. The molecule has 0 fully saturated rings. The minimum absolute atomic E-state index is 0.0725. The van der Waals surface area contributed by atoms with Crippen LogP contribution in [0, 0.1) is 10.1 Å². The maximum absolute atomic E-state index is 11.4. The summed E-state index contributed by atoms with van der Waals surface area (Å²) >= 11 is 0. The molecule has 1 aliphatic carbocycles. The topological polar surface area (TPSA) is 79.2 Å². The van der Waals surface area contributed by atoms with Crippen LogP contribution in [-0.2, 0) is 6.42 Å². The van der Waals surface area contributed by atoms with E-state index in [1.165, 1.54) is 0 Å². The standard InChI is InChI=1S/C15H16N2O3/c1-9(8-18)5-12-11-3-2-4-13-15(11)10(7-16-13)6-14(12)17(19)20/h2-5,7,12,14,16,18H,6,8H2,1H3/b9-5+/t12-,14-/m1/s1. The SMILES string of the molecule is C/C(=C\[C@@H]1c2cccc3[nH]cc(c23)C[C@H]1[N+](=O)[O-])CO. The molecule has 5 heteroatoms. The Kier molecular flexibility index (Phi) is 3.06. The number of aromatic nitrogens is 1. The molecule has 2 atom stereocenters. The lowest BCUT2D eigenvalue weighted by molar-refractivity contribution is -0.524. The van der Waals surface area contributed by atoms with Gasteiger partial charge in [-0.3, -0.25) is 10.1 Å². The van der Waals surface area contributed by atoms with Gasteiger partial charge in [0.15, 0.2) is 0 Å². The summed E-state index contributed by atoms with van der Waals surface area (Å²) < 4.78 is 0. The second kappa shape index (κ2) is 4.76. The maximum atomic E-state index is 11.4. The number of H-pyrrole nitrogens is 1. The first-order chi connectivity index (χ1) is 9.61. The Morgan fingerprint density at radius 3 is 3.10 bits per heavy atom. The van der Waals surface area contributed by atoms with Crippen LogP contribution in [0.15, 0.2) is 36.0 Å². The molecule has 1 aromatic heterocycles. The van der Waals surface area contributed by atoms with Crippen LogP contribution in [0.1, 0.15) is 24.0 Å². The fraction of sp³-hybridized carbons (Fsp3) is 0.333. The van der Waals surface area contributed by atoms with Crippen LogP contribution in [0.2, 0.25) is 0 Å². The van der Waals surface area contributed by atoms with E-state index >= 15 is 0 Å². The zero-order valence-corrected chi connectivity index (χ0v) is 11.2. The van der Waals surface area contributed by atoms with Crippen molar-refractivity contribution in [1.82, 2.24) is 4.98 Å². The van der Waals surface area contributed by atoms with Crippen molar-refractivity contribution in [2.24, 2.45) is 0 Å². The third-order valence-corrected chi connectivity index (χ3v) is 4.01. The largest absolute Gasteiger partial charge is 0.392 e. The third-order valence-electron chi connectivity index (χ3n) is 4.01. The average molecular weight is 272 g/mol. The van der Waals surface area contributed by atoms with Gasteiger partial charge in [-0.2, -0.15) is 0 Å². The second-order valence-electron chi connectivity index (χ2n) is 5.34. The summed E-state index contributed by atoms with van der Waals surface area (Å²) in [6, 6.07) is 5.16. The molecule has 0 radical (unpaired) electrons. The van der Waals surface area contributed by atoms with Crippen LogP contribution in [0.4, 0.5) is 0 Å². The predicted molar refractivity (Wildman–Crippen MR) is 76.4 cm³/mol. The number of aliphatic hydroxyl groups is 1. The Labute approximate surface area is 116 Å². The Balaban J connectivity index is 2.21. The van der Waals surface area contributed by atoms with Gasteiger partial charge in [0.05, 0.1) is 12.5 Å². The fourth-order valence-electron chi connectivity index (χ4n) is 3.05. The molecular formula is C15H16N2O3. The van der Waals surface area contributed by atoms with Crippen molar-refractivity contribution in [3.05, 3.63) is 57.3 Å². The van der Waals surface area contributed by atoms with Gasteiger partial charge in [-0.25, -0.2) is 0 Å². The molecule has 1 aromatic carbocycles. The lowest BCUT2D eigenvalue weighted by Gasteiger charge is -2.24. The summed E-state index contributed by atoms with van der Waals surface area (Å²) in [7, 11) is 0. The van der Waals surface area contributed by atoms with E-state index in [2.05, 4.69) is 4.98 Å². The predicted octanol–water partition coefficient (Wildman–Crippen LogP) is 2.39. The van der Waals surface area contributed by atoms with Crippen molar-refractivity contribution in [2.45, 2.75) is 25.3 Å². The Hall–Kier alpha value is -2.14. The third kappa shape index (κ3) is 1.91. The second-order valence-corrected chi connectivity index (χ2v) is 5.34. The van der Waals surface area contributed by atoms with Crippen molar-refractivity contribution in [2.75, 3.05) is 6.61 Å². The normalized spacial score (nSPS) is 22.2. The number of nitrogens with one attached hydrogen (secondary N) is 1. The van der Waals surface area contributed by atoms with Gasteiger partial charge in [-0.15, -0.1) is 0 Å². The first kappa shape index (κ1) is 12.9. The molecule has 0 bridgehead atoms. The molecule has 0 aliphatic heterocycles. The first-order valence-corrected chi connectivity index (χ1v) is 6.62. The molecule has 1 aliphatic rings. The van der Waals surface area contributed by atoms with Crippen molar-refractivity contribution < 1.29 is 10.0 Å². The van der Waals surface area contributed by atoms with Gasteiger partial charge in [0.2, 0.25) is 6.04 Å². The van der Waals surface area contributed by atoms with Gasteiger partial charge in [0.1, 0.15) is 0 Å². The smallest absolute Gasteiger partial charge is 0.227 e. The van der Waals surface area contributed by atoms with E-state index in [-0.39, 0.29) is 17.4 Å².